The Morgan fingerprint density at radius 3 is 3.10 bits per heavy atom. The van der Waals surface area contributed by atoms with Crippen LogP contribution >= 0.6 is 11.8 Å². The maximum absolute atomic E-state index is 11.7. The Morgan fingerprint density at radius 2 is 2.40 bits per heavy atom. The highest BCUT2D eigenvalue weighted by molar-refractivity contribution is 7.99. The van der Waals surface area contributed by atoms with Crippen LogP contribution in [0.4, 0.5) is 0 Å². The summed E-state index contributed by atoms with van der Waals surface area (Å²) in [5, 5.41) is 11.5. The minimum Gasteiger partial charge on any atom is -0.467 e. The number of aryl methyl sites for hydroxylation is 1. The van der Waals surface area contributed by atoms with Crippen molar-refractivity contribution in [3.63, 3.8) is 0 Å². The smallest absolute Gasteiger partial charge is 0.230 e. The summed E-state index contributed by atoms with van der Waals surface area (Å²) in [4.78, 5) is 11.7. The average Bonchev–Trinajstić information content (AvgIpc) is 3.06. The zero-order valence-corrected chi connectivity index (χ0v) is 12.0. The van der Waals surface area contributed by atoms with E-state index in [2.05, 4.69) is 15.5 Å². The monoisotopic (exact) mass is 295 g/mol. The summed E-state index contributed by atoms with van der Waals surface area (Å²) in [6, 6.07) is 3.60. The first-order valence-corrected chi connectivity index (χ1v) is 7.21. The van der Waals surface area contributed by atoms with Gasteiger partial charge in [-0.2, -0.15) is 0 Å². The molecule has 0 atom stereocenters. The molecule has 0 aliphatic carbocycles. The first-order chi connectivity index (χ1) is 9.70. The van der Waals surface area contributed by atoms with E-state index in [1.54, 1.807) is 12.3 Å². The fourth-order valence-electron chi connectivity index (χ4n) is 1.63. The maximum Gasteiger partial charge on any atom is 0.230 e. The second-order valence-corrected chi connectivity index (χ2v) is 5.06. The molecule has 8 heteroatoms. The number of aromatic nitrogens is 3. The van der Waals surface area contributed by atoms with Crippen LogP contribution in [0.3, 0.4) is 0 Å². The summed E-state index contributed by atoms with van der Waals surface area (Å²) in [5.74, 6) is 1.73. The summed E-state index contributed by atoms with van der Waals surface area (Å²) in [7, 11) is 0. The molecule has 0 aliphatic heterocycles. The number of nitrogens with one attached hydrogen (secondary N) is 1. The van der Waals surface area contributed by atoms with Gasteiger partial charge in [0.15, 0.2) is 5.16 Å². The van der Waals surface area contributed by atoms with Crippen LogP contribution in [0.25, 0.3) is 0 Å². The number of thioether (sulfide) groups is 1. The van der Waals surface area contributed by atoms with Gasteiger partial charge in [-0.25, -0.2) is 0 Å². The van der Waals surface area contributed by atoms with Crippen LogP contribution in [-0.2, 0) is 17.9 Å². The standard InChI is InChI=1S/C12H17N5O2S/c1-9-15-16-12(17(9)5-4-13)20-8-11(18)14-7-10-3-2-6-19-10/h2-3,6H,4-5,7-8,13H2,1H3,(H,14,18). The molecule has 0 bridgehead atoms. The van der Waals surface area contributed by atoms with Crippen LogP contribution in [0.15, 0.2) is 28.0 Å². The lowest BCUT2D eigenvalue weighted by atomic mass is 10.4. The molecule has 0 unspecified atom stereocenters. The van der Waals surface area contributed by atoms with Crippen molar-refractivity contribution in [1.82, 2.24) is 20.1 Å². The van der Waals surface area contributed by atoms with Gasteiger partial charge in [-0.1, -0.05) is 11.8 Å². The Hall–Kier alpha value is -1.80. The third-order valence-electron chi connectivity index (χ3n) is 2.63. The predicted octanol–water partition coefficient (Wildman–Crippen LogP) is 0.547. The van der Waals surface area contributed by atoms with E-state index < -0.39 is 0 Å². The van der Waals surface area contributed by atoms with Crippen molar-refractivity contribution in [3.05, 3.63) is 30.0 Å². The van der Waals surface area contributed by atoms with E-state index >= 15 is 0 Å². The quantitative estimate of drug-likeness (QED) is 0.724. The molecule has 3 N–H and O–H groups in total. The van der Waals surface area contributed by atoms with Crippen molar-refractivity contribution in [2.24, 2.45) is 5.73 Å². The molecule has 2 aromatic heterocycles. The largest absolute Gasteiger partial charge is 0.467 e. The van der Waals surface area contributed by atoms with Crippen LogP contribution in [-0.4, -0.2) is 33.0 Å². The molecule has 0 aliphatic rings. The van der Waals surface area contributed by atoms with Gasteiger partial charge in [0.1, 0.15) is 11.6 Å². The average molecular weight is 295 g/mol. The van der Waals surface area contributed by atoms with Crippen molar-refractivity contribution in [2.75, 3.05) is 12.3 Å². The highest BCUT2D eigenvalue weighted by Gasteiger charge is 2.11. The summed E-state index contributed by atoms with van der Waals surface area (Å²) in [6.45, 7) is 3.41. The molecule has 20 heavy (non-hydrogen) atoms. The van der Waals surface area contributed by atoms with Gasteiger partial charge in [-0.3, -0.25) is 4.79 Å². The Bertz CT molecular complexity index is 552. The van der Waals surface area contributed by atoms with Crippen molar-refractivity contribution in [2.45, 2.75) is 25.2 Å². The lowest BCUT2D eigenvalue weighted by Gasteiger charge is -2.06. The molecule has 1 amide bonds. The van der Waals surface area contributed by atoms with Gasteiger partial charge < -0.3 is 20.0 Å². The van der Waals surface area contributed by atoms with E-state index in [-0.39, 0.29) is 11.7 Å². The fraction of sp³-hybridized carbons (Fsp3) is 0.417. The van der Waals surface area contributed by atoms with E-state index in [1.165, 1.54) is 11.8 Å². The minimum atomic E-state index is -0.0775. The minimum absolute atomic E-state index is 0.0775. The number of furan rings is 1. The third kappa shape index (κ3) is 3.84. The lowest BCUT2D eigenvalue weighted by molar-refractivity contribution is -0.118. The number of nitrogens with two attached hydrogens (primary N) is 1. The topological polar surface area (TPSA) is 99.0 Å². The van der Waals surface area contributed by atoms with Crippen LogP contribution < -0.4 is 11.1 Å². The predicted molar refractivity (Wildman–Crippen MR) is 75.1 cm³/mol. The van der Waals surface area contributed by atoms with Gasteiger partial charge in [-0.05, 0) is 19.1 Å². The van der Waals surface area contributed by atoms with Gasteiger partial charge in [-0.15, -0.1) is 10.2 Å². The Kier molecular flexibility index (Phi) is 5.19. The van der Waals surface area contributed by atoms with Gasteiger partial charge in [0, 0.05) is 13.1 Å². The zero-order chi connectivity index (χ0) is 14.4. The maximum atomic E-state index is 11.7. The van der Waals surface area contributed by atoms with E-state index in [4.69, 9.17) is 10.2 Å². The molecule has 7 nitrogen and oxygen atoms in total. The Labute approximate surface area is 120 Å². The molecule has 0 aromatic carbocycles. The summed E-state index contributed by atoms with van der Waals surface area (Å²) in [6.07, 6.45) is 1.58. The fourth-order valence-corrected chi connectivity index (χ4v) is 2.47. The van der Waals surface area contributed by atoms with Crippen molar-refractivity contribution in [1.29, 1.82) is 0 Å². The normalized spacial score (nSPS) is 10.7. The van der Waals surface area contributed by atoms with Gasteiger partial charge in [0.05, 0.1) is 18.6 Å². The van der Waals surface area contributed by atoms with Gasteiger partial charge in [0.25, 0.3) is 0 Å². The Morgan fingerprint density at radius 1 is 1.55 bits per heavy atom. The van der Waals surface area contributed by atoms with Crippen LogP contribution in [0, 0.1) is 6.92 Å². The van der Waals surface area contributed by atoms with Gasteiger partial charge >= 0.3 is 0 Å². The summed E-state index contributed by atoms with van der Waals surface area (Å²) in [5.41, 5.74) is 5.54. The molecule has 0 radical (unpaired) electrons. The van der Waals surface area contributed by atoms with Crippen molar-refractivity contribution < 1.29 is 9.21 Å². The summed E-state index contributed by atoms with van der Waals surface area (Å²) < 4.78 is 7.05. The zero-order valence-electron chi connectivity index (χ0n) is 11.2. The molecule has 2 heterocycles. The Balaban J connectivity index is 1.81. The van der Waals surface area contributed by atoms with E-state index in [9.17, 15) is 4.79 Å². The van der Waals surface area contributed by atoms with E-state index in [0.29, 0.717) is 24.8 Å². The second-order valence-electron chi connectivity index (χ2n) is 4.11. The molecule has 2 aromatic rings. The van der Waals surface area contributed by atoms with Gasteiger partial charge in [0.2, 0.25) is 5.91 Å². The SMILES string of the molecule is Cc1nnc(SCC(=O)NCc2ccco2)n1CCN. The van der Waals surface area contributed by atoms with Crippen LogP contribution in [0.2, 0.25) is 0 Å². The molecule has 0 saturated heterocycles. The highest BCUT2D eigenvalue weighted by atomic mass is 32.2. The lowest BCUT2D eigenvalue weighted by Crippen LogP contribution is -2.24. The second kappa shape index (κ2) is 7.11. The first-order valence-electron chi connectivity index (χ1n) is 6.22. The number of rotatable bonds is 7. The van der Waals surface area contributed by atoms with Crippen molar-refractivity contribution >= 4 is 17.7 Å². The van der Waals surface area contributed by atoms with Crippen LogP contribution in [0.5, 0.6) is 0 Å². The van der Waals surface area contributed by atoms with Crippen molar-refractivity contribution in [3.8, 4) is 0 Å². The number of hydrogen-bond acceptors (Lipinski definition) is 6. The molecular weight excluding hydrogens is 278 g/mol. The first kappa shape index (κ1) is 14.6. The highest BCUT2D eigenvalue weighted by Crippen LogP contribution is 2.16. The van der Waals surface area contributed by atoms with E-state index in [1.807, 2.05) is 17.6 Å². The summed E-state index contributed by atoms with van der Waals surface area (Å²) >= 11 is 1.34. The van der Waals surface area contributed by atoms with E-state index in [0.717, 1.165) is 11.6 Å². The molecule has 2 rings (SSSR count). The molecule has 0 spiro atoms. The van der Waals surface area contributed by atoms with Crippen LogP contribution in [0.1, 0.15) is 11.6 Å². The number of carbonyl (C=O) groups excluding carboxylic acids is 1. The number of nitrogens with zero attached hydrogens (tertiary/aromatic N) is 3. The third-order valence-corrected chi connectivity index (χ3v) is 3.59. The molecule has 0 fully saturated rings. The molecular formula is C12H17N5O2S. The number of hydrogen-bond donors (Lipinski definition) is 2. The molecule has 0 saturated carbocycles. The molecule has 108 valence electrons. The number of amides is 1. The number of carbonyl (C=O) groups is 1.